The normalized spacial score (nSPS) is 17.0. The van der Waals surface area contributed by atoms with Crippen LogP contribution < -0.4 is 4.90 Å². The fourth-order valence-electron chi connectivity index (χ4n) is 2.32. The number of rotatable bonds is 2. The lowest BCUT2D eigenvalue weighted by molar-refractivity contribution is -0.137. The number of aromatic nitrogens is 1. The molecule has 9 heteroatoms. The number of thioether (sulfide) groups is 1. The van der Waals surface area contributed by atoms with Crippen molar-refractivity contribution in [1.82, 2.24) is 4.57 Å². The molecule has 0 aliphatic carbocycles. The Morgan fingerprint density at radius 2 is 1.92 bits per heavy atom. The molecule has 0 bridgehead atoms. The lowest BCUT2D eigenvalue weighted by Crippen LogP contribution is -2.28. The predicted octanol–water partition coefficient (Wildman–Crippen LogP) is 4.94. The van der Waals surface area contributed by atoms with Crippen molar-refractivity contribution in [3.05, 3.63) is 57.7 Å². The summed E-state index contributed by atoms with van der Waals surface area (Å²) in [5.74, 6) is -0.674. The van der Waals surface area contributed by atoms with Crippen LogP contribution in [0.1, 0.15) is 11.3 Å². The Hall–Kier alpha value is -2.19. The van der Waals surface area contributed by atoms with E-state index in [1.54, 1.807) is 29.9 Å². The van der Waals surface area contributed by atoms with E-state index in [0.29, 0.717) is 28.4 Å². The second-order valence-electron chi connectivity index (χ2n) is 5.22. The van der Waals surface area contributed by atoms with Gasteiger partial charge in [-0.25, -0.2) is 4.90 Å². The van der Waals surface area contributed by atoms with E-state index >= 15 is 0 Å². The average Bonchev–Trinajstić information content (AvgIpc) is 3.03. The summed E-state index contributed by atoms with van der Waals surface area (Å²) in [6, 6.07) is 6.44. The summed E-state index contributed by atoms with van der Waals surface area (Å²) in [5, 5.41) is -1.16. The van der Waals surface area contributed by atoms with Gasteiger partial charge < -0.3 is 4.57 Å². The van der Waals surface area contributed by atoms with E-state index in [1.165, 1.54) is 12.1 Å². The fourth-order valence-corrected chi connectivity index (χ4v) is 3.37. The Bertz CT molecular complexity index is 905. The van der Waals surface area contributed by atoms with Crippen molar-refractivity contribution in [3.63, 3.8) is 0 Å². The molecule has 1 aromatic heterocycles. The van der Waals surface area contributed by atoms with Crippen molar-refractivity contribution in [2.45, 2.75) is 6.18 Å². The Morgan fingerprint density at radius 1 is 1.20 bits per heavy atom. The molecular weight excluding hydrogens is 377 g/mol. The predicted molar refractivity (Wildman–Crippen MR) is 90.3 cm³/mol. The molecule has 2 aromatic rings. The topological polar surface area (TPSA) is 42.3 Å². The van der Waals surface area contributed by atoms with Crippen LogP contribution in [0.15, 0.2) is 41.4 Å². The minimum atomic E-state index is -4.69. The largest absolute Gasteiger partial charge is 0.417 e. The van der Waals surface area contributed by atoms with Gasteiger partial charge in [0.2, 0.25) is 0 Å². The lowest BCUT2D eigenvalue weighted by atomic mass is 10.1. The molecule has 4 nitrogen and oxygen atoms in total. The smallest absolute Gasteiger partial charge is 0.351 e. The van der Waals surface area contributed by atoms with Crippen LogP contribution >= 0.6 is 23.4 Å². The van der Waals surface area contributed by atoms with Crippen LogP contribution in [0.5, 0.6) is 0 Å². The van der Waals surface area contributed by atoms with Crippen LogP contribution in [0, 0.1) is 0 Å². The van der Waals surface area contributed by atoms with Crippen molar-refractivity contribution in [2.24, 2.45) is 7.05 Å². The number of anilines is 1. The van der Waals surface area contributed by atoms with Crippen LogP contribution in [0.2, 0.25) is 5.02 Å². The van der Waals surface area contributed by atoms with E-state index in [2.05, 4.69) is 0 Å². The van der Waals surface area contributed by atoms with Crippen LogP contribution in [0.25, 0.3) is 6.08 Å². The van der Waals surface area contributed by atoms with Crippen molar-refractivity contribution < 1.29 is 22.8 Å². The van der Waals surface area contributed by atoms with Gasteiger partial charge >= 0.3 is 6.18 Å². The monoisotopic (exact) mass is 386 g/mol. The SMILES string of the molecule is Cn1cccc1/C=C1/SC(=O)N(c2ccc(Cl)c(C(F)(F)F)c2)C1=O. The van der Waals surface area contributed by atoms with Crippen molar-refractivity contribution in [2.75, 3.05) is 4.90 Å². The first-order valence-corrected chi connectivity index (χ1v) is 8.14. The van der Waals surface area contributed by atoms with E-state index in [0.717, 1.165) is 6.07 Å². The maximum atomic E-state index is 13.0. The van der Waals surface area contributed by atoms with Gasteiger partial charge in [0.05, 0.1) is 21.2 Å². The Kier molecular flexibility index (Phi) is 4.42. The molecule has 2 amide bonds. The van der Waals surface area contributed by atoms with E-state index in [9.17, 15) is 22.8 Å². The molecule has 3 rings (SSSR count). The number of alkyl halides is 3. The standard InChI is InChI=1S/C16H10ClF3N2O2S/c1-21-6-2-3-9(21)8-13-14(23)22(15(24)25-13)10-4-5-12(17)11(7-10)16(18,19)20/h2-8H,1H3/b13-8+. The number of carbonyl (C=O) groups is 2. The summed E-state index contributed by atoms with van der Waals surface area (Å²) in [7, 11) is 1.77. The van der Waals surface area contributed by atoms with Gasteiger partial charge in [0.15, 0.2) is 0 Å². The van der Waals surface area contributed by atoms with E-state index < -0.39 is 27.9 Å². The number of imide groups is 1. The third-order valence-corrected chi connectivity index (χ3v) is 4.77. The molecule has 1 aromatic carbocycles. The third kappa shape index (κ3) is 3.32. The minimum Gasteiger partial charge on any atom is -0.351 e. The van der Waals surface area contributed by atoms with Crippen LogP contribution in [-0.4, -0.2) is 15.7 Å². The van der Waals surface area contributed by atoms with Gasteiger partial charge in [-0.15, -0.1) is 0 Å². The number of halogens is 4. The Balaban J connectivity index is 1.99. The van der Waals surface area contributed by atoms with Crippen molar-refractivity contribution >= 4 is 46.3 Å². The molecule has 1 fully saturated rings. The van der Waals surface area contributed by atoms with Gasteiger partial charge in [0, 0.05) is 18.9 Å². The summed E-state index contributed by atoms with van der Waals surface area (Å²) >= 11 is 6.25. The number of aryl methyl sites for hydroxylation is 1. The zero-order valence-corrected chi connectivity index (χ0v) is 14.2. The van der Waals surface area contributed by atoms with Crippen LogP contribution in [0.3, 0.4) is 0 Å². The molecule has 0 atom stereocenters. The summed E-state index contributed by atoms with van der Waals surface area (Å²) in [6.07, 6.45) is -1.40. The molecular formula is C16H10ClF3N2O2S. The number of nitrogens with zero attached hydrogens (tertiary/aromatic N) is 2. The first-order valence-electron chi connectivity index (χ1n) is 6.94. The number of hydrogen-bond acceptors (Lipinski definition) is 3. The summed E-state index contributed by atoms with van der Waals surface area (Å²) in [4.78, 5) is 25.5. The number of carbonyl (C=O) groups excluding carboxylic acids is 2. The lowest BCUT2D eigenvalue weighted by Gasteiger charge is -2.16. The Labute approximate surface area is 149 Å². The van der Waals surface area contributed by atoms with E-state index in [1.807, 2.05) is 0 Å². The zero-order valence-electron chi connectivity index (χ0n) is 12.7. The molecule has 2 heterocycles. The van der Waals surface area contributed by atoms with Gasteiger partial charge in [-0.1, -0.05) is 11.6 Å². The highest BCUT2D eigenvalue weighted by atomic mass is 35.5. The summed E-state index contributed by atoms with van der Waals surface area (Å²) < 4.78 is 40.7. The highest BCUT2D eigenvalue weighted by molar-refractivity contribution is 8.19. The highest BCUT2D eigenvalue weighted by Gasteiger charge is 2.39. The molecule has 0 radical (unpaired) electrons. The molecule has 130 valence electrons. The number of benzene rings is 1. The summed E-state index contributed by atoms with van der Waals surface area (Å²) in [6.45, 7) is 0. The van der Waals surface area contributed by atoms with Gasteiger partial charge in [-0.05, 0) is 48.2 Å². The zero-order chi connectivity index (χ0) is 18.4. The van der Waals surface area contributed by atoms with Crippen LogP contribution in [-0.2, 0) is 18.0 Å². The minimum absolute atomic E-state index is 0.135. The average molecular weight is 387 g/mol. The molecule has 0 unspecified atom stereocenters. The number of amides is 2. The van der Waals surface area contributed by atoms with Gasteiger partial charge in [0.25, 0.3) is 11.1 Å². The van der Waals surface area contributed by atoms with Crippen LogP contribution in [0.4, 0.5) is 23.7 Å². The molecule has 1 aliphatic rings. The molecule has 1 aliphatic heterocycles. The third-order valence-electron chi connectivity index (χ3n) is 3.57. The van der Waals surface area contributed by atoms with Gasteiger partial charge in [-0.2, -0.15) is 13.2 Å². The molecule has 0 N–H and O–H groups in total. The van der Waals surface area contributed by atoms with Gasteiger partial charge in [0.1, 0.15) is 0 Å². The van der Waals surface area contributed by atoms with Crippen molar-refractivity contribution in [1.29, 1.82) is 0 Å². The fraction of sp³-hybridized carbons (Fsp3) is 0.125. The first-order chi connectivity index (χ1) is 11.7. The maximum Gasteiger partial charge on any atom is 0.417 e. The van der Waals surface area contributed by atoms with E-state index in [4.69, 9.17) is 11.6 Å². The quantitative estimate of drug-likeness (QED) is 0.687. The molecule has 0 spiro atoms. The van der Waals surface area contributed by atoms with Gasteiger partial charge in [-0.3, -0.25) is 9.59 Å². The number of hydrogen-bond donors (Lipinski definition) is 0. The Morgan fingerprint density at radius 3 is 2.52 bits per heavy atom. The maximum absolute atomic E-state index is 13.0. The van der Waals surface area contributed by atoms with Crippen molar-refractivity contribution in [3.8, 4) is 0 Å². The van der Waals surface area contributed by atoms with E-state index in [-0.39, 0.29) is 10.6 Å². The second-order valence-corrected chi connectivity index (χ2v) is 6.62. The molecule has 1 saturated heterocycles. The first kappa shape index (κ1) is 17.6. The molecule has 25 heavy (non-hydrogen) atoms. The molecule has 0 saturated carbocycles. The summed E-state index contributed by atoms with van der Waals surface area (Å²) in [5.41, 5.74) is -0.579. The highest BCUT2D eigenvalue weighted by Crippen LogP contribution is 2.40. The second kappa shape index (κ2) is 6.27.